The van der Waals surface area contributed by atoms with Gasteiger partial charge in [-0.3, -0.25) is 14.1 Å². The molecule has 0 spiro atoms. The third-order valence-electron chi connectivity index (χ3n) is 5.96. The van der Waals surface area contributed by atoms with E-state index in [4.69, 9.17) is 37.2 Å². The Hall–Kier alpha value is -0.760. The Bertz CT molecular complexity index is 1330. The van der Waals surface area contributed by atoms with Crippen molar-refractivity contribution in [3.8, 4) is 0 Å². The molecule has 25 heteroatoms. The molecule has 2 radical (unpaired) electrons. The van der Waals surface area contributed by atoms with Crippen LogP contribution in [0.3, 0.4) is 0 Å². The first-order valence-corrected chi connectivity index (χ1v) is 20.6. The average molecular weight is 764 g/mol. The van der Waals surface area contributed by atoms with E-state index < -0.39 is 60.2 Å². The lowest BCUT2D eigenvalue weighted by molar-refractivity contribution is -0.121. The van der Waals surface area contributed by atoms with Gasteiger partial charge >= 0.3 is 30.6 Å². The van der Waals surface area contributed by atoms with Crippen molar-refractivity contribution >= 4 is 77.3 Å². The molecule has 0 aromatic heterocycles. The molecule has 1 aliphatic heterocycles. The van der Waals surface area contributed by atoms with Gasteiger partial charge in [-0.05, 0) is 50.7 Å². The predicted octanol–water partition coefficient (Wildman–Crippen LogP) is 0.512. The first kappa shape index (κ1) is 42.4. The molecule has 1 saturated heterocycles. The van der Waals surface area contributed by atoms with Gasteiger partial charge in [0.1, 0.15) is 19.9 Å². The number of carbonyl (C=O) groups is 2. The summed E-state index contributed by atoms with van der Waals surface area (Å²) in [5.41, 5.74) is 0.651. The molecule has 1 heterocycles. The third-order valence-corrected chi connectivity index (χ3v) is 12.7. The van der Waals surface area contributed by atoms with E-state index in [0.717, 1.165) is 0 Å². The van der Waals surface area contributed by atoms with Gasteiger partial charge in [0.15, 0.2) is 0 Å². The molecule has 1 aromatic carbocycles. The summed E-state index contributed by atoms with van der Waals surface area (Å²) in [4.78, 5) is 60.6. The lowest BCUT2D eigenvalue weighted by atomic mass is 9.80. The molecule has 5 atom stereocenters. The minimum absolute atomic E-state index is 0.119. The molecule has 1 fully saturated rings. The van der Waals surface area contributed by atoms with Crippen molar-refractivity contribution in [2.24, 2.45) is 0 Å². The number of phosphoric acid groups is 3. The molecule has 3 unspecified atom stereocenters. The summed E-state index contributed by atoms with van der Waals surface area (Å²) >= 11 is 0. The van der Waals surface area contributed by atoms with Gasteiger partial charge in [-0.1, -0.05) is 33.7 Å². The van der Waals surface area contributed by atoms with Crippen molar-refractivity contribution < 1.29 is 75.5 Å². The number of nitrogens with one attached hydrogen (secondary N) is 2. The number of phosphoric ester groups is 1. The Morgan fingerprint density at radius 2 is 1.70 bits per heavy atom. The molecule has 2 amide bonds. The van der Waals surface area contributed by atoms with Crippen LogP contribution >= 0.6 is 45.1 Å². The van der Waals surface area contributed by atoms with Gasteiger partial charge in [-0.2, -0.15) is 8.62 Å². The number of hydrogen-bond donors (Lipinski definition) is 8. The maximum absolute atomic E-state index is 12.3. The van der Waals surface area contributed by atoms with E-state index >= 15 is 0 Å². The standard InChI is InChI=1S/C22H37B2N2O16P3S2/c1-22(2,13-26-20(27)5-3-4-10-25-21(28)15-6-8-16(9-7-15)24(29)30)47-46-14-38-17-11-19(23)40-18(17)12-39-44(34,35)42-45(36,37)41-43(31,32)33/h6-9,17-19,29-30H,3-5,10-14H2,1-2H3,(H,25,28)(H,26,27)(H,34,35)(H,36,37)(H2,31,32,33)/t17-,18?,19-/m1/s1. The van der Waals surface area contributed by atoms with Crippen LogP contribution in [0, 0.1) is 0 Å². The van der Waals surface area contributed by atoms with Crippen LogP contribution in [0.2, 0.25) is 0 Å². The summed E-state index contributed by atoms with van der Waals surface area (Å²) < 4.78 is 56.9. The minimum Gasteiger partial charge on any atom is -0.423 e. The highest BCUT2D eigenvalue weighted by Gasteiger charge is 2.42. The van der Waals surface area contributed by atoms with Crippen molar-refractivity contribution in [2.75, 3.05) is 25.6 Å². The van der Waals surface area contributed by atoms with E-state index in [2.05, 4.69) is 23.8 Å². The van der Waals surface area contributed by atoms with Crippen LogP contribution in [0.4, 0.5) is 0 Å². The van der Waals surface area contributed by atoms with Gasteiger partial charge < -0.3 is 49.7 Å². The Morgan fingerprint density at radius 1 is 1.04 bits per heavy atom. The SMILES string of the molecule is [B][C@H]1C[C@@H](OCSSC(C)(C)CNC(=O)CCCCNC(=O)c2ccc(B(O)O)cc2)C(COP(=O)(O)OP(=O)(O)OP(=O)(O)O)O1. The maximum Gasteiger partial charge on any atom is 0.490 e. The van der Waals surface area contributed by atoms with Crippen molar-refractivity contribution in [1.29, 1.82) is 0 Å². The Kier molecular flexibility index (Phi) is 17.2. The third kappa shape index (κ3) is 17.6. The first-order valence-electron chi connectivity index (χ1n) is 13.8. The maximum atomic E-state index is 12.3. The molecule has 264 valence electrons. The molecule has 0 bridgehead atoms. The zero-order valence-corrected chi connectivity index (χ0v) is 29.6. The zero-order valence-electron chi connectivity index (χ0n) is 25.3. The largest absolute Gasteiger partial charge is 0.490 e. The summed E-state index contributed by atoms with van der Waals surface area (Å²) in [6.45, 7) is 3.85. The zero-order chi connectivity index (χ0) is 35.5. The number of ether oxygens (including phenoxy) is 2. The van der Waals surface area contributed by atoms with Gasteiger partial charge in [-0.25, -0.2) is 13.7 Å². The van der Waals surface area contributed by atoms with Crippen LogP contribution in [-0.2, 0) is 41.1 Å². The molecular formula is C22H37B2N2O16P3S2. The quantitative estimate of drug-likeness (QED) is 0.0278. The summed E-state index contributed by atoms with van der Waals surface area (Å²) in [6, 6.07) is 5.06. The summed E-state index contributed by atoms with van der Waals surface area (Å²) in [5, 5.41) is 23.9. The number of unbranched alkanes of at least 4 members (excludes halogenated alkanes) is 1. The summed E-state index contributed by atoms with van der Waals surface area (Å²) in [7, 11) is -9.60. The fourth-order valence-electron chi connectivity index (χ4n) is 3.79. The Morgan fingerprint density at radius 3 is 2.32 bits per heavy atom. The minimum atomic E-state index is -5.65. The molecule has 18 nitrogen and oxygen atoms in total. The molecular weight excluding hydrogens is 727 g/mol. The summed E-state index contributed by atoms with van der Waals surface area (Å²) in [5.74, 6) is -0.343. The second-order valence-corrected chi connectivity index (χ2v) is 18.0. The van der Waals surface area contributed by atoms with Crippen molar-refractivity contribution in [2.45, 2.75) is 62.5 Å². The number of carbonyl (C=O) groups excluding carboxylic acids is 2. The van der Waals surface area contributed by atoms with Gasteiger partial charge in [-0.15, -0.1) is 0 Å². The average Bonchev–Trinajstić information content (AvgIpc) is 3.30. The summed E-state index contributed by atoms with van der Waals surface area (Å²) in [6.07, 6.45) is -0.129. The first-order chi connectivity index (χ1) is 21.7. The predicted molar refractivity (Wildman–Crippen MR) is 173 cm³/mol. The number of rotatable bonds is 21. The van der Waals surface area contributed by atoms with Crippen molar-refractivity contribution in [3.63, 3.8) is 0 Å². The topological polar surface area (TPSA) is 277 Å². The second kappa shape index (κ2) is 19.0. The fraction of sp³-hybridized carbons (Fsp3) is 0.636. The molecule has 0 saturated carbocycles. The van der Waals surface area contributed by atoms with Crippen LogP contribution in [0.1, 0.15) is 49.9 Å². The van der Waals surface area contributed by atoms with Crippen molar-refractivity contribution in [3.05, 3.63) is 29.8 Å². The molecule has 1 aliphatic rings. The molecule has 1 aromatic rings. The highest BCUT2D eigenvalue weighted by atomic mass is 33.1. The van der Waals surface area contributed by atoms with Crippen LogP contribution in [0.15, 0.2) is 24.3 Å². The molecule has 8 N–H and O–H groups in total. The highest BCUT2D eigenvalue weighted by Crippen LogP contribution is 2.66. The fourth-order valence-corrected chi connectivity index (χ4v) is 8.99. The van der Waals surface area contributed by atoms with E-state index in [0.29, 0.717) is 31.5 Å². The lowest BCUT2D eigenvalue weighted by Gasteiger charge is -2.25. The molecule has 47 heavy (non-hydrogen) atoms. The number of amides is 2. The number of hydrogen-bond acceptors (Lipinski definition) is 14. The van der Waals surface area contributed by atoms with E-state index in [9.17, 15) is 33.1 Å². The molecule has 0 aliphatic carbocycles. The van der Waals surface area contributed by atoms with Crippen LogP contribution < -0.4 is 16.1 Å². The van der Waals surface area contributed by atoms with Gasteiger partial charge in [0, 0.05) is 35.8 Å². The van der Waals surface area contributed by atoms with Crippen molar-refractivity contribution in [1.82, 2.24) is 10.6 Å². The van der Waals surface area contributed by atoms with E-state index in [1.807, 2.05) is 13.8 Å². The van der Waals surface area contributed by atoms with Gasteiger partial charge in [0.25, 0.3) is 5.91 Å². The smallest absolute Gasteiger partial charge is 0.423 e. The van der Waals surface area contributed by atoms with Crippen LogP contribution in [0.5, 0.6) is 0 Å². The molecule has 2 rings (SSSR count). The Labute approximate surface area is 280 Å². The van der Waals surface area contributed by atoms with Gasteiger partial charge in [0.05, 0.1) is 12.7 Å². The Balaban J connectivity index is 1.64. The van der Waals surface area contributed by atoms with E-state index in [1.165, 1.54) is 45.9 Å². The van der Waals surface area contributed by atoms with E-state index in [-0.39, 0.29) is 36.1 Å². The van der Waals surface area contributed by atoms with Crippen LogP contribution in [-0.4, -0.2) is 105 Å². The van der Waals surface area contributed by atoms with Gasteiger partial charge in [0.2, 0.25) is 5.91 Å². The normalized spacial score (nSPS) is 21.1. The van der Waals surface area contributed by atoms with E-state index in [1.54, 1.807) is 0 Å². The van der Waals surface area contributed by atoms with Crippen LogP contribution in [0.25, 0.3) is 0 Å². The highest BCUT2D eigenvalue weighted by molar-refractivity contribution is 8.77. The lowest BCUT2D eigenvalue weighted by Crippen LogP contribution is -2.36. The monoisotopic (exact) mass is 764 g/mol. The number of benzene rings is 1. The second-order valence-electron chi connectivity index (χ2n) is 10.6.